The summed E-state index contributed by atoms with van der Waals surface area (Å²) in [7, 11) is 1.59. The number of hydrogen-bond acceptors (Lipinski definition) is 8. The summed E-state index contributed by atoms with van der Waals surface area (Å²) in [4.78, 5) is 26.8. The minimum absolute atomic E-state index is 0.0148. The largest absolute Gasteiger partial charge is 0.497 e. The number of benzene rings is 2. The van der Waals surface area contributed by atoms with Crippen molar-refractivity contribution in [1.82, 2.24) is 4.98 Å². The molecule has 0 atom stereocenters. The molecule has 0 radical (unpaired) electrons. The van der Waals surface area contributed by atoms with Crippen LogP contribution < -0.4 is 10.5 Å². The van der Waals surface area contributed by atoms with E-state index in [0.717, 1.165) is 22.4 Å². The number of methoxy groups -OCH3 is 1. The van der Waals surface area contributed by atoms with Crippen molar-refractivity contribution in [3.05, 3.63) is 69.2 Å². The smallest absolute Gasteiger partial charge is 0.338 e. The molecule has 3 aromatic rings. The maximum Gasteiger partial charge on any atom is 0.338 e. The maximum absolute atomic E-state index is 12.1. The van der Waals surface area contributed by atoms with E-state index in [2.05, 4.69) is 4.98 Å². The average molecular weight is 385 g/mol. The van der Waals surface area contributed by atoms with Crippen molar-refractivity contribution in [3.63, 3.8) is 0 Å². The first-order valence-electron chi connectivity index (χ1n) is 7.78. The van der Waals surface area contributed by atoms with Gasteiger partial charge >= 0.3 is 5.97 Å². The molecule has 138 valence electrons. The van der Waals surface area contributed by atoms with Crippen LogP contribution in [0.5, 0.6) is 5.75 Å². The maximum atomic E-state index is 12.1. The van der Waals surface area contributed by atoms with E-state index < -0.39 is 10.9 Å². The topological polar surface area (TPSA) is 118 Å². The molecule has 27 heavy (non-hydrogen) atoms. The molecule has 0 saturated carbocycles. The van der Waals surface area contributed by atoms with Crippen molar-refractivity contribution >= 4 is 28.7 Å². The highest BCUT2D eigenvalue weighted by Crippen LogP contribution is 2.27. The number of rotatable bonds is 6. The molecule has 0 spiro atoms. The lowest BCUT2D eigenvalue weighted by atomic mass is 10.2. The number of hydrogen-bond donors (Lipinski definition) is 1. The Labute approximate surface area is 158 Å². The minimum atomic E-state index is -0.686. The number of ether oxygens (including phenoxy) is 2. The molecule has 2 N–H and O–H groups in total. The van der Waals surface area contributed by atoms with Gasteiger partial charge in [-0.05, 0) is 24.3 Å². The third kappa shape index (κ3) is 4.21. The van der Waals surface area contributed by atoms with E-state index >= 15 is 0 Å². The number of nitrogens with zero attached hydrogens (tertiary/aromatic N) is 2. The van der Waals surface area contributed by atoms with Gasteiger partial charge in [0.25, 0.3) is 5.69 Å². The van der Waals surface area contributed by atoms with Crippen LogP contribution in [-0.4, -0.2) is 23.0 Å². The Balaban J connectivity index is 1.69. The van der Waals surface area contributed by atoms with Gasteiger partial charge in [-0.25, -0.2) is 9.78 Å². The van der Waals surface area contributed by atoms with Gasteiger partial charge in [-0.2, -0.15) is 0 Å². The van der Waals surface area contributed by atoms with Gasteiger partial charge in [-0.1, -0.05) is 12.1 Å². The number of nitro benzene ring substituents is 1. The summed E-state index contributed by atoms with van der Waals surface area (Å²) in [5.74, 6) is 0.0367. The second-order valence-corrected chi connectivity index (χ2v) is 6.34. The quantitative estimate of drug-likeness (QED) is 0.298. The molecule has 0 saturated heterocycles. The zero-order valence-electron chi connectivity index (χ0n) is 14.2. The van der Waals surface area contributed by atoms with Crippen molar-refractivity contribution in [3.8, 4) is 16.3 Å². The van der Waals surface area contributed by atoms with Crippen LogP contribution in [0.25, 0.3) is 10.6 Å². The molecule has 9 heteroatoms. The van der Waals surface area contributed by atoms with E-state index in [4.69, 9.17) is 15.2 Å². The predicted octanol–water partition coefficient (Wildman–Crippen LogP) is 3.67. The Morgan fingerprint density at radius 3 is 2.85 bits per heavy atom. The number of anilines is 1. The number of carbonyl (C=O) groups is 1. The molecule has 0 aliphatic heterocycles. The van der Waals surface area contributed by atoms with Crippen LogP contribution in [0.2, 0.25) is 0 Å². The monoisotopic (exact) mass is 385 g/mol. The van der Waals surface area contributed by atoms with Gasteiger partial charge in [0.15, 0.2) is 0 Å². The lowest BCUT2D eigenvalue weighted by Crippen LogP contribution is -2.07. The van der Waals surface area contributed by atoms with Crippen molar-refractivity contribution < 1.29 is 19.2 Å². The highest BCUT2D eigenvalue weighted by molar-refractivity contribution is 7.13. The van der Waals surface area contributed by atoms with Crippen LogP contribution in [-0.2, 0) is 11.3 Å². The molecule has 0 bridgehead atoms. The van der Waals surface area contributed by atoms with Crippen LogP contribution in [0.3, 0.4) is 0 Å². The number of esters is 1. The van der Waals surface area contributed by atoms with E-state index in [1.807, 2.05) is 24.3 Å². The Hall–Kier alpha value is -3.46. The average Bonchev–Trinajstić information content (AvgIpc) is 3.15. The zero-order valence-corrected chi connectivity index (χ0v) is 15.1. The van der Waals surface area contributed by atoms with Crippen LogP contribution >= 0.6 is 11.3 Å². The van der Waals surface area contributed by atoms with Gasteiger partial charge in [-0.3, -0.25) is 10.1 Å². The molecule has 1 aromatic heterocycles. The number of thiazole rings is 1. The number of nitrogen functional groups attached to an aromatic ring is 1. The summed E-state index contributed by atoms with van der Waals surface area (Å²) in [6.45, 7) is -0.0442. The van der Waals surface area contributed by atoms with Crippen LogP contribution in [0.4, 0.5) is 11.4 Å². The Bertz CT molecular complexity index is 1000. The summed E-state index contributed by atoms with van der Waals surface area (Å²) < 4.78 is 10.4. The van der Waals surface area contributed by atoms with E-state index in [-0.39, 0.29) is 23.5 Å². The number of nitrogens with two attached hydrogens (primary N) is 1. The molecule has 0 fully saturated rings. The fourth-order valence-corrected chi connectivity index (χ4v) is 3.11. The van der Waals surface area contributed by atoms with E-state index in [0.29, 0.717) is 5.69 Å². The van der Waals surface area contributed by atoms with Gasteiger partial charge in [0.1, 0.15) is 23.1 Å². The third-order valence-corrected chi connectivity index (χ3v) is 4.62. The fourth-order valence-electron chi connectivity index (χ4n) is 2.31. The Kier molecular flexibility index (Phi) is 5.32. The standard InChI is InChI=1S/C18H15N3O5S/c1-25-14-4-2-3-11(7-14)17-20-13(10-27-17)9-26-18(22)12-5-6-15(19)16(8-12)21(23)24/h2-8,10H,9,19H2,1H3. The molecule has 1 heterocycles. The number of carbonyl (C=O) groups excluding carboxylic acids is 1. The van der Waals surface area contributed by atoms with E-state index in [1.165, 1.54) is 23.5 Å². The molecule has 0 aliphatic rings. The van der Waals surface area contributed by atoms with Crippen molar-refractivity contribution in [2.75, 3.05) is 12.8 Å². The first kappa shape index (κ1) is 18.3. The molecular weight excluding hydrogens is 370 g/mol. The fraction of sp³-hybridized carbons (Fsp3) is 0.111. The molecule has 8 nitrogen and oxygen atoms in total. The van der Waals surface area contributed by atoms with Crippen molar-refractivity contribution in [2.45, 2.75) is 6.61 Å². The summed E-state index contributed by atoms with van der Waals surface area (Å²) >= 11 is 1.41. The number of nitro groups is 1. The predicted molar refractivity (Wildman–Crippen MR) is 101 cm³/mol. The number of aromatic nitrogens is 1. The first-order valence-corrected chi connectivity index (χ1v) is 8.66. The zero-order chi connectivity index (χ0) is 19.4. The van der Waals surface area contributed by atoms with Gasteiger partial charge < -0.3 is 15.2 Å². The normalized spacial score (nSPS) is 10.4. The van der Waals surface area contributed by atoms with Gasteiger partial charge in [0.2, 0.25) is 0 Å². The van der Waals surface area contributed by atoms with Gasteiger partial charge in [-0.15, -0.1) is 11.3 Å². The Morgan fingerprint density at radius 2 is 2.11 bits per heavy atom. The molecule has 3 rings (SSSR count). The molecule has 0 amide bonds. The first-order chi connectivity index (χ1) is 13.0. The van der Waals surface area contributed by atoms with Gasteiger partial charge in [0, 0.05) is 17.0 Å². The van der Waals surface area contributed by atoms with Crippen molar-refractivity contribution in [1.29, 1.82) is 0 Å². The summed E-state index contributed by atoms with van der Waals surface area (Å²) in [5, 5.41) is 13.5. The summed E-state index contributed by atoms with van der Waals surface area (Å²) in [6.07, 6.45) is 0. The second kappa shape index (κ2) is 7.83. The molecule has 0 aliphatic carbocycles. The lowest BCUT2D eigenvalue weighted by Gasteiger charge is -2.04. The summed E-state index contributed by atoms with van der Waals surface area (Å²) in [6, 6.07) is 11.3. The van der Waals surface area contributed by atoms with Gasteiger partial charge in [0.05, 0.1) is 23.3 Å². The minimum Gasteiger partial charge on any atom is -0.497 e. The van der Waals surface area contributed by atoms with E-state index in [1.54, 1.807) is 12.5 Å². The second-order valence-electron chi connectivity index (χ2n) is 5.48. The molecular formula is C18H15N3O5S. The lowest BCUT2D eigenvalue weighted by molar-refractivity contribution is -0.383. The SMILES string of the molecule is COc1cccc(-c2nc(COC(=O)c3ccc(N)c([N+](=O)[O-])c3)cs2)c1. The highest BCUT2D eigenvalue weighted by atomic mass is 32.1. The third-order valence-electron chi connectivity index (χ3n) is 3.68. The Morgan fingerprint density at radius 1 is 1.30 bits per heavy atom. The van der Waals surface area contributed by atoms with Crippen LogP contribution in [0.15, 0.2) is 47.8 Å². The van der Waals surface area contributed by atoms with E-state index in [9.17, 15) is 14.9 Å². The van der Waals surface area contributed by atoms with Crippen LogP contribution in [0, 0.1) is 10.1 Å². The molecule has 0 unspecified atom stereocenters. The van der Waals surface area contributed by atoms with Crippen LogP contribution in [0.1, 0.15) is 16.1 Å². The molecule has 2 aromatic carbocycles. The van der Waals surface area contributed by atoms with Crippen molar-refractivity contribution in [2.24, 2.45) is 0 Å². The summed E-state index contributed by atoms with van der Waals surface area (Å²) in [5.41, 5.74) is 6.70. The highest BCUT2D eigenvalue weighted by Gasteiger charge is 2.17.